The Bertz CT molecular complexity index is 510. The van der Waals surface area contributed by atoms with Crippen LogP contribution >= 0.6 is 11.8 Å². The maximum atomic E-state index is 2.52. The molecule has 1 aromatic carbocycles. The van der Waals surface area contributed by atoms with E-state index in [1.807, 2.05) is 0 Å². The van der Waals surface area contributed by atoms with Gasteiger partial charge in [0.25, 0.3) is 0 Å². The van der Waals surface area contributed by atoms with E-state index in [2.05, 4.69) is 67.9 Å². The Labute approximate surface area is 160 Å². The van der Waals surface area contributed by atoms with Gasteiger partial charge in [-0.05, 0) is 92.4 Å². The molecule has 0 heterocycles. The molecule has 2 bridgehead atoms. The fraction of sp³-hybridized carbons (Fsp3) is 0.739. The molecule has 3 fully saturated rings. The zero-order valence-electron chi connectivity index (χ0n) is 16.5. The van der Waals surface area contributed by atoms with Gasteiger partial charge in [-0.2, -0.15) is 11.8 Å². The highest BCUT2D eigenvalue weighted by Crippen LogP contribution is 2.62. The molecule has 0 unspecified atom stereocenters. The lowest BCUT2D eigenvalue weighted by atomic mass is 9.45. The van der Waals surface area contributed by atoms with Crippen LogP contribution in [0.1, 0.15) is 51.5 Å². The molecule has 1 nitrogen and oxygen atoms in total. The van der Waals surface area contributed by atoms with Crippen molar-refractivity contribution in [3.8, 4) is 0 Å². The lowest BCUT2D eigenvalue weighted by molar-refractivity contribution is -0.105. The Kier molecular flexibility index (Phi) is 6.91. The summed E-state index contributed by atoms with van der Waals surface area (Å²) in [6.07, 6.45) is 8.53. The topological polar surface area (TPSA) is 3.24 Å². The number of hydrogen-bond acceptors (Lipinski definition) is 2. The summed E-state index contributed by atoms with van der Waals surface area (Å²) in [5.41, 5.74) is 2.12. The Morgan fingerprint density at radius 2 is 1.88 bits per heavy atom. The molecular weight excluding hydrogens is 322 g/mol. The van der Waals surface area contributed by atoms with Gasteiger partial charge in [0.1, 0.15) is 0 Å². The van der Waals surface area contributed by atoms with Crippen molar-refractivity contribution in [2.24, 2.45) is 23.2 Å². The van der Waals surface area contributed by atoms with E-state index < -0.39 is 0 Å². The molecule has 25 heavy (non-hydrogen) atoms. The normalized spacial score (nSPS) is 27.3. The highest BCUT2D eigenvalue weighted by atomic mass is 32.2. The third kappa shape index (κ3) is 5.04. The van der Waals surface area contributed by atoms with Gasteiger partial charge in [0.15, 0.2) is 0 Å². The average molecular weight is 360 g/mol. The average Bonchev–Trinajstić information content (AvgIpc) is 2.63. The highest BCUT2D eigenvalue weighted by molar-refractivity contribution is 7.99. The van der Waals surface area contributed by atoms with Gasteiger partial charge < -0.3 is 4.90 Å². The van der Waals surface area contributed by atoms with E-state index in [9.17, 15) is 0 Å². The molecule has 0 amide bonds. The molecule has 3 atom stereocenters. The summed E-state index contributed by atoms with van der Waals surface area (Å²) < 4.78 is 0. The number of thioether (sulfide) groups is 1. The molecule has 0 aliphatic heterocycles. The van der Waals surface area contributed by atoms with Crippen molar-refractivity contribution in [2.75, 3.05) is 31.6 Å². The van der Waals surface area contributed by atoms with E-state index >= 15 is 0 Å². The largest absolute Gasteiger partial charge is 0.306 e. The number of fused-ring (bicyclic) bond motifs is 2. The van der Waals surface area contributed by atoms with Crippen molar-refractivity contribution in [3.63, 3.8) is 0 Å². The predicted molar refractivity (Wildman–Crippen MR) is 112 cm³/mol. The summed E-state index contributed by atoms with van der Waals surface area (Å²) in [5, 5.41) is 0. The van der Waals surface area contributed by atoms with E-state index in [1.165, 1.54) is 68.7 Å². The van der Waals surface area contributed by atoms with Crippen molar-refractivity contribution in [1.29, 1.82) is 0 Å². The van der Waals surface area contributed by atoms with Crippen molar-refractivity contribution in [1.82, 2.24) is 4.90 Å². The first-order chi connectivity index (χ1) is 12.1. The molecule has 0 saturated heterocycles. The summed E-state index contributed by atoms with van der Waals surface area (Å²) in [4.78, 5) is 2.49. The monoisotopic (exact) mass is 359 g/mol. The number of likely N-dealkylation sites (N-methyl/N-ethyl adjacent to an activating group) is 1. The molecule has 0 radical (unpaired) electrons. The maximum Gasteiger partial charge on any atom is 0.00188 e. The van der Waals surface area contributed by atoms with Crippen LogP contribution in [0.15, 0.2) is 30.3 Å². The van der Waals surface area contributed by atoms with Gasteiger partial charge in [-0.25, -0.2) is 0 Å². The van der Waals surface area contributed by atoms with Gasteiger partial charge in [-0.15, -0.1) is 0 Å². The van der Waals surface area contributed by atoms with Gasteiger partial charge in [-0.3, -0.25) is 0 Å². The Balaban J connectivity index is 1.21. The van der Waals surface area contributed by atoms with Crippen LogP contribution in [0.25, 0.3) is 0 Å². The van der Waals surface area contributed by atoms with Crippen molar-refractivity contribution >= 4 is 11.8 Å². The molecule has 0 N–H and O–H groups in total. The van der Waals surface area contributed by atoms with E-state index in [4.69, 9.17) is 0 Å². The quantitative estimate of drug-likeness (QED) is 0.490. The molecule has 3 saturated carbocycles. The molecule has 1 aromatic rings. The van der Waals surface area contributed by atoms with E-state index in [1.54, 1.807) is 0 Å². The van der Waals surface area contributed by atoms with Crippen LogP contribution in [-0.2, 0) is 6.42 Å². The number of nitrogens with zero attached hydrogens (tertiary/aromatic N) is 1. The second-order valence-corrected chi connectivity index (χ2v) is 10.2. The SMILES string of the molecule is CN(CCCSCC[C@@H]1CC[C@H]2C[C@@H]1C2(C)C)CCc1ccccc1. The minimum Gasteiger partial charge on any atom is -0.306 e. The molecule has 4 rings (SSSR count). The lowest BCUT2D eigenvalue weighted by Crippen LogP contribution is -2.52. The van der Waals surface area contributed by atoms with Crippen LogP contribution in [-0.4, -0.2) is 36.5 Å². The summed E-state index contributed by atoms with van der Waals surface area (Å²) >= 11 is 2.20. The first-order valence-electron chi connectivity index (χ1n) is 10.4. The van der Waals surface area contributed by atoms with Crippen LogP contribution in [0.3, 0.4) is 0 Å². The molecule has 3 aliphatic carbocycles. The molecule has 3 aliphatic rings. The maximum absolute atomic E-state index is 2.52. The third-order valence-corrected chi connectivity index (χ3v) is 8.19. The fourth-order valence-corrected chi connectivity index (χ4v) is 6.16. The summed E-state index contributed by atoms with van der Waals surface area (Å²) in [6, 6.07) is 10.9. The van der Waals surface area contributed by atoms with Gasteiger partial charge in [0.05, 0.1) is 0 Å². The fourth-order valence-electron chi connectivity index (χ4n) is 5.16. The van der Waals surface area contributed by atoms with Crippen LogP contribution in [0.4, 0.5) is 0 Å². The predicted octanol–water partition coefficient (Wildman–Crippen LogP) is 5.75. The molecular formula is C23H37NS. The summed E-state index contributed by atoms with van der Waals surface area (Å²) in [7, 11) is 2.27. The zero-order valence-corrected chi connectivity index (χ0v) is 17.4. The smallest absolute Gasteiger partial charge is 0.00188 e. The van der Waals surface area contributed by atoms with Crippen molar-refractivity contribution in [3.05, 3.63) is 35.9 Å². The van der Waals surface area contributed by atoms with Gasteiger partial charge in [0.2, 0.25) is 0 Å². The number of hydrogen-bond donors (Lipinski definition) is 0. The number of benzene rings is 1. The minimum atomic E-state index is 0.662. The van der Waals surface area contributed by atoms with Gasteiger partial charge >= 0.3 is 0 Å². The summed E-state index contributed by atoms with van der Waals surface area (Å²) in [5.74, 6) is 5.83. The van der Waals surface area contributed by atoms with Crippen LogP contribution in [0.2, 0.25) is 0 Å². The second-order valence-electron chi connectivity index (χ2n) is 8.99. The van der Waals surface area contributed by atoms with Gasteiger partial charge in [0, 0.05) is 6.54 Å². The Morgan fingerprint density at radius 3 is 2.60 bits per heavy atom. The standard InChI is InChI=1S/C23H37NS/c1-23(2)21-11-10-20(22(23)18-21)13-17-25-16-7-14-24(3)15-12-19-8-5-4-6-9-19/h4-6,8-9,20-22H,7,10-18H2,1-3H3/t20-,21-,22-/m0/s1. The van der Waals surface area contributed by atoms with Crippen LogP contribution in [0.5, 0.6) is 0 Å². The first kappa shape index (κ1) is 19.3. The highest BCUT2D eigenvalue weighted by Gasteiger charge is 2.53. The molecule has 2 heteroatoms. The number of rotatable bonds is 10. The molecule has 0 spiro atoms. The van der Waals surface area contributed by atoms with E-state index in [0.717, 1.165) is 17.8 Å². The van der Waals surface area contributed by atoms with Gasteiger partial charge in [-0.1, -0.05) is 44.2 Å². The Hall–Kier alpha value is -0.470. The van der Waals surface area contributed by atoms with Crippen LogP contribution < -0.4 is 0 Å². The first-order valence-corrected chi connectivity index (χ1v) is 11.5. The molecule has 0 aromatic heterocycles. The van der Waals surface area contributed by atoms with Crippen molar-refractivity contribution in [2.45, 2.75) is 52.4 Å². The Morgan fingerprint density at radius 1 is 1.08 bits per heavy atom. The van der Waals surface area contributed by atoms with Crippen LogP contribution in [0, 0.1) is 23.2 Å². The zero-order chi connectivity index (χ0) is 17.7. The van der Waals surface area contributed by atoms with E-state index in [-0.39, 0.29) is 0 Å². The second kappa shape index (κ2) is 8.95. The minimum absolute atomic E-state index is 0.662. The molecule has 140 valence electrons. The lowest BCUT2D eigenvalue weighted by Gasteiger charge is -2.60. The van der Waals surface area contributed by atoms with Crippen molar-refractivity contribution < 1.29 is 0 Å². The summed E-state index contributed by atoms with van der Waals surface area (Å²) in [6.45, 7) is 7.46. The van der Waals surface area contributed by atoms with E-state index in [0.29, 0.717) is 5.41 Å². The third-order valence-electron chi connectivity index (χ3n) is 7.09.